The number of aromatic carboxylic acids is 2. The SMILES string of the molecule is O=C(CC(=O)Nc1csc(C(=O)O)c1)Nc1csc(C(=O)O)c1. The van der Waals surface area contributed by atoms with Gasteiger partial charge in [0.2, 0.25) is 11.8 Å². The van der Waals surface area contributed by atoms with E-state index in [1.165, 1.54) is 22.9 Å². The van der Waals surface area contributed by atoms with Crippen LogP contribution in [0.15, 0.2) is 22.9 Å². The van der Waals surface area contributed by atoms with Crippen LogP contribution in [0.2, 0.25) is 0 Å². The molecule has 2 aromatic rings. The van der Waals surface area contributed by atoms with E-state index in [1.54, 1.807) is 0 Å². The third kappa shape index (κ3) is 4.63. The van der Waals surface area contributed by atoms with E-state index < -0.39 is 30.2 Å². The van der Waals surface area contributed by atoms with Gasteiger partial charge in [0.25, 0.3) is 0 Å². The standard InChI is InChI=1S/C13H10N2O6S2/c16-10(14-6-1-8(12(18)19)22-4-6)3-11(17)15-7-2-9(13(20)21)23-5-7/h1-2,4-5H,3H2,(H,14,16)(H,15,17)(H,18,19)(H,20,21). The molecule has 0 saturated carbocycles. The third-order valence-corrected chi connectivity index (χ3v) is 4.35. The average Bonchev–Trinajstić information content (AvgIpc) is 3.07. The molecular formula is C13H10N2O6S2. The van der Waals surface area contributed by atoms with Gasteiger partial charge in [0, 0.05) is 10.8 Å². The van der Waals surface area contributed by atoms with Gasteiger partial charge in [0.1, 0.15) is 16.2 Å². The summed E-state index contributed by atoms with van der Waals surface area (Å²) in [6, 6.07) is 2.58. The molecule has 0 radical (unpaired) electrons. The molecule has 2 heterocycles. The minimum absolute atomic E-state index is 0.0734. The Hall–Kier alpha value is -2.72. The van der Waals surface area contributed by atoms with Gasteiger partial charge in [-0.2, -0.15) is 0 Å². The van der Waals surface area contributed by atoms with Crippen LogP contribution in [0.3, 0.4) is 0 Å². The summed E-state index contributed by atoms with van der Waals surface area (Å²) in [6.45, 7) is 0. The van der Waals surface area contributed by atoms with Crippen LogP contribution in [0.1, 0.15) is 25.8 Å². The first kappa shape index (κ1) is 16.6. The summed E-state index contributed by atoms with van der Waals surface area (Å²) < 4.78 is 0. The lowest BCUT2D eigenvalue weighted by molar-refractivity contribution is -0.123. The molecule has 0 aromatic carbocycles. The van der Waals surface area contributed by atoms with Gasteiger partial charge in [0.15, 0.2) is 0 Å². The van der Waals surface area contributed by atoms with Gasteiger partial charge in [-0.25, -0.2) is 9.59 Å². The van der Waals surface area contributed by atoms with Gasteiger partial charge in [-0.15, -0.1) is 22.7 Å². The van der Waals surface area contributed by atoms with Crippen LogP contribution in [0.5, 0.6) is 0 Å². The van der Waals surface area contributed by atoms with E-state index in [0.29, 0.717) is 11.4 Å². The van der Waals surface area contributed by atoms with Crippen molar-refractivity contribution in [3.8, 4) is 0 Å². The number of carbonyl (C=O) groups is 4. The minimum Gasteiger partial charge on any atom is -0.477 e. The molecule has 0 aliphatic carbocycles. The highest BCUT2D eigenvalue weighted by Gasteiger charge is 2.14. The first-order chi connectivity index (χ1) is 10.8. The zero-order valence-electron chi connectivity index (χ0n) is 11.4. The van der Waals surface area contributed by atoms with E-state index >= 15 is 0 Å². The zero-order valence-corrected chi connectivity index (χ0v) is 13.0. The Morgan fingerprint density at radius 2 is 1.22 bits per heavy atom. The summed E-state index contributed by atoms with van der Waals surface area (Å²) in [6.07, 6.45) is -0.476. The van der Waals surface area contributed by atoms with Gasteiger partial charge in [-0.05, 0) is 12.1 Å². The van der Waals surface area contributed by atoms with Gasteiger partial charge in [-0.1, -0.05) is 0 Å². The first-order valence-corrected chi connectivity index (χ1v) is 7.84. The zero-order chi connectivity index (χ0) is 17.0. The predicted octanol–water partition coefficient (Wildman–Crippen LogP) is 2.17. The van der Waals surface area contributed by atoms with Crippen molar-refractivity contribution in [1.82, 2.24) is 0 Å². The van der Waals surface area contributed by atoms with Crippen LogP contribution >= 0.6 is 22.7 Å². The maximum absolute atomic E-state index is 11.7. The number of carboxylic acid groups (broad SMARTS) is 2. The maximum atomic E-state index is 11.7. The van der Waals surface area contributed by atoms with Crippen molar-refractivity contribution in [2.45, 2.75) is 6.42 Å². The number of carbonyl (C=O) groups excluding carboxylic acids is 2. The van der Waals surface area contributed by atoms with Crippen molar-refractivity contribution in [2.75, 3.05) is 10.6 Å². The van der Waals surface area contributed by atoms with Gasteiger partial charge in [0.05, 0.1) is 11.4 Å². The molecule has 2 aromatic heterocycles. The highest BCUT2D eigenvalue weighted by Crippen LogP contribution is 2.20. The molecule has 0 aliphatic heterocycles. The van der Waals surface area contributed by atoms with E-state index in [0.717, 1.165) is 22.7 Å². The van der Waals surface area contributed by atoms with E-state index in [9.17, 15) is 19.2 Å². The summed E-state index contributed by atoms with van der Waals surface area (Å²) >= 11 is 1.92. The van der Waals surface area contributed by atoms with E-state index in [2.05, 4.69) is 10.6 Å². The van der Waals surface area contributed by atoms with Gasteiger partial charge in [-0.3, -0.25) is 9.59 Å². The summed E-state index contributed by atoms with van der Waals surface area (Å²) in [5, 5.41) is 25.3. The Morgan fingerprint density at radius 3 is 1.52 bits per heavy atom. The maximum Gasteiger partial charge on any atom is 0.345 e. The Labute approximate surface area is 137 Å². The van der Waals surface area contributed by atoms with Crippen molar-refractivity contribution in [3.63, 3.8) is 0 Å². The summed E-state index contributed by atoms with van der Waals surface area (Å²) in [7, 11) is 0. The van der Waals surface area contributed by atoms with Crippen LogP contribution in [-0.4, -0.2) is 34.0 Å². The molecule has 0 spiro atoms. The van der Waals surface area contributed by atoms with Gasteiger partial charge < -0.3 is 20.8 Å². The Morgan fingerprint density at radius 1 is 0.826 bits per heavy atom. The number of hydrogen-bond acceptors (Lipinski definition) is 6. The van der Waals surface area contributed by atoms with Crippen molar-refractivity contribution >= 4 is 57.8 Å². The second-order valence-electron chi connectivity index (χ2n) is 4.28. The Balaban J connectivity index is 1.87. The topological polar surface area (TPSA) is 133 Å². The molecule has 0 fully saturated rings. The van der Waals surface area contributed by atoms with Crippen molar-refractivity contribution in [3.05, 3.63) is 32.6 Å². The molecule has 10 heteroatoms. The molecule has 2 rings (SSSR count). The van der Waals surface area contributed by atoms with Gasteiger partial charge >= 0.3 is 11.9 Å². The number of amides is 2. The van der Waals surface area contributed by atoms with Crippen molar-refractivity contribution in [1.29, 1.82) is 0 Å². The number of rotatable bonds is 6. The Kier molecular flexibility index (Phi) is 5.09. The number of carboxylic acids is 2. The van der Waals surface area contributed by atoms with Crippen LogP contribution < -0.4 is 10.6 Å². The summed E-state index contributed by atoms with van der Waals surface area (Å²) in [5.41, 5.74) is 0.600. The van der Waals surface area contributed by atoms with Crippen molar-refractivity contribution < 1.29 is 29.4 Å². The fraction of sp³-hybridized carbons (Fsp3) is 0.0769. The van der Waals surface area contributed by atoms with E-state index in [4.69, 9.17) is 10.2 Å². The second-order valence-corrected chi connectivity index (χ2v) is 6.11. The lowest BCUT2D eigenvalue weighted by atomic mass is 10.3. The highest BCUT2D eigenvalue weighted by molar-refractivity contribution is 7.12. The van der Waals surface area contributed by atoms with Crippen molar-refractivity contribution in [2.24, 2.45) is 0 Å². The highest BCUT2D eigenvalue weighted by atomic mass is 32.1. The molecule has 4 N–H and O–H groups in total. The fourth-order valence-corrected chi connectivity index (χ4v) is 2.94. The molecule has 0 unspecified atom stereocenters. The minimum atomic E-state index is -1.10. The fourth-order valence-electron chi connectivity index (χ4n) is 1.58. The van der Waals surface area contributed by atoms with Crippen LogP contribution in [0.4, 0.5) is 11.4 Å². The predicted molar refractivity (Wildman–Crippen MR) is 84.4 cm³/mol. The second kappa shape index (κ2) is 7.03. The molecule has 0 saturated heterocycles. The molecule has 23 heavy (non-hydrogen) atoms. The molecule has 0 bridgehead atoms. The molecule has 2 amide bonds. The van der Waals surface area contributed by atoms with Crippen LogP contribution in [0, 0.1) is 0 Å². The lowest BCUT2D eigenvalue weighted by Crippen LogP contribution is -2.21. The molecule has 0 atom stereocenters. The molecule has 0 aliphatic rings. The molecular weight excluding hydrogens is 344 g/mol. The van der Waals surface area contributed by atoms with Crippen LogP contribution in [-0.2, 0) is 9.59 Å². The molecule has 8 nitrogen and oxygen atoms in total. The lowest BCUT2D eigenvalue weighted by Gasteiger charge is -2.03. The Bertz CT molecular complexity index is 715. The van der Waals surface area contributed by atoms with E-state index in [-0.39, 0.29) is 9.75 Å². The smallest absolute Gasteiger partial charge is 0.345 e. The summed E-state index contributed by atoms with van der Waals surface area (Å²) in [5.74, 6) is -3.41. The average molecular weight is 354 g/mol. The van der Waals surface area contributed by atoms with Crippen LogP contribution in [0.25, 0.3) is 0 Å². The largest absolute Gasteiger partial charge is 0.477 e. The van der Waals surface area contributed by atoms with E-state index in [1.807, 2.05) is 0 Å². The number of hydrogen-bond donors (Lipinski definition) is 4. The number of nitrogens with one attached hydrogen (secondary N) is 2. The number of anilines is 2. The number of thiophene rings is 2. The summed E-state index contributed by atoms with van der Waals surface area (Å²) in [4.78, 5) is 45.0. The first-order valence-electron chi connectivity index (χ1n) is 6.08. The normalized spacial score (nSPS) is 10.1. The monoisotopic (exact) mass is 354 g/mol. The third-order valence-electron chi connectivity index (χ3n) is 2.51. The quantitative estimate of drug-likeness (QED) is 0.588. The molecule has 120 valence electrons.